The van der Waals surface area contributed by atoms with Crippen molar-refractivity contribution in [2.45, 2.75) is 44.1 Å². The minimum atomic E-state index is -1.00. The topological polar surface area (TPSA) is 63.3 Å². The number of nitrogens with two attached hydrogens (primary N) is 1. The third-order valence-electron chi connectivity index (χ3n) is 3.17. The van der Waals surface area contributed by atoms with E-state index in [1.165, 1.54) is 0 Å². The van der Waals surface area contributed by atoms with E-state index in [9.17, 15) is 9.32 Å². The van der Waals surface area contributed by atoms with Crippen LogP contribution in [0.15, 0.2) is 30.3 Å². The molecule has 3 nitrogen and oxygen atoms in total. The molecule has 3 N–H and O–H groups in total. The van der Waals surface area contributed by atoms with Gasteiger partial charge in [-0.1, -0.05) is 44.2 Å². The van der Waals surface area contributed by atoms with Crippen LogP contribution in [0.5, 0.6) is 0 Å². The highest BCUT2D eigenvalue weighted by Crippen LogP contribution is 2.08. The van der Waals surface area contributed by atoms with Crippen molar-refractivity contribution in [3.05, 3.63) is 35.9 Å². The smallest absolute Gasteiger partial charge is 0.0809 e. The first-order valence-electron chi connectivity index (χ1n) is 6.39. The van der Waals surface area contributed by atoms with Gasteiger partial charge in [0.2, 0.25) is 0 Å². The zero-order valence-electron chi connectivity index (χ0n) is 11.1. The first-order chi connectivity index (χ1) is 8.54. The van der Waals surface area contributed by atoms with E-state index in [0.29, 0.717) is 6.42 Å². The Balaban J connectivity index is 2.47. The van der Waals surface area contributed by atoms with E-state index in [1.807, 2.05) is 44.2 Å². The Bertz CT molecular complexity index is 369. The first kappa shape index (κ1) is 15.3. The van der Waals surface area contributed by atoms with Crippen LogP contribution in [0.25, 0.3) is 0 Å². The van der Waals surface area contributed by atoms with Crippen LogP contribution in [-0.4, -0.2) is 32.5 Å². The predicted octanol–water partition coefficient (Wildman–Crippen LogP) is 1.46. The van der Waals surface area contributed by atoms with Gasteiger partial charge in [0.05, 0.1) is 11.9 Å². The standard InChI is InChI=1S/C14H23NO2S/c1-3-11(2)18(17)10-14(16)13(15)9-12-7-5-4-6-8-12/h4-8,11,13-14,16H,3,9-10,15H2,1-2H3. The molecule has 0 saturated heterocycles. The van der Waals surface area contributed by atoms with E-state index in [2.05, 4.69) is 0 Å². The molecule has 0 saturated carbocycles. The quantitative estimate of drug-likeness (QED) is 0.788. The van der Waals surface area contributed by atoms with Gasteiger partial charge in [0.25, 0.3) is 0 Å². The fourth-order valence-corrected chi connectivity index (χ4v) is 2.95. The molecule has 102 valence electrons. The van der Waals surface area contributed by atoms with Crippen molar-refractivity contribution in [3.63, 3.8) is 0 Å². The highest BCUT2D eigenvalue weighted by Gasteiger charge is 2.20. The molecular weight excluding hydrogens is 246 g/mol. The van der Waals surface area contributed by atoms with Crippen LogP contribution in [0.2, 0.25) is 0 Å². The van der Waals surface area contributed by atoms with E-state index >= 15 is 0 Å². The summed E-state index contributed by atoms with van der Waals surface area (Å²) in [5.74, 6) is 0.267. The predicted molar refractivity (Wildman–Crippen MR) is 76.9 cm³/mol. The molecule has 4 heteroatoms. The van der Waals surface area contributed by atoms with Crippen LogP contribution in [0.4, 0.5) is 0 Å². The summed E-state index contributed by atoms with van der Waals surface area (Å²) < 4.78 is 11.8. The van der Waals surface area contributed by atoms with Crippen molar-refractivity contribution in [1.29, 1.82) is 0 Å². The van der Waals surface area contributed by atoms with E-state index in [0.717, 1.165) is 12.0 Å². The van der Waals surface area contributed by atoms with Crippen LogP contribution in [0.3, 0.4) is 0 Å². The number of hydrogen-bond donors (Lipinski definition) is 2. The molecule has 0 aliphatic rings. The van der Waals surface area contributed by atoms with Gasteiger partial charge in [-0.3, -0.25) is 4.21 Å². The maximum Gasteiger partial charge on any atom is 0.0809 e. The fraction of sp³-hybridized carbons (Fsp3) is 0.571. The third kappa shape index (κ3) is 4.88. The van der Waals surface area contributed by atoms with Crippen LogP contribution >= 0.6 is 0 Å². The van der Waals surface area contributed by atoms with Crippen molar-refractivity contribution in [3.8, 4) is 0 Å². The van der Waals surface area contributed by atoms with Crippen molar-refractivity contribution in [2.24, 2.45) is 5.73 Å². The molecule has 0 aliphatic heterocycles. The molecule has 0 fully saturated rings. The van der Waals surface area contributed by atoms with Gasteiger partial charge >= 0.3 is 0 Å². The maximum atomic E-state index is 11.8. The van der Waals surface area contributed by atoms with E-state index in [4.69, 9.17) is 5.73 Å². The van der Waals surface area contributed by atoms with Crippen LogP contribution in [0, 0.1) is 0 Å². The molecule has 4 atom stereocenters. The lowest BCUT2D eigenvalue weighted by Gasteiger charge is -2.20. The number of rotatable bonds is 7. The second-order valence-electron chi connectivity index (χ2n) is 4.69. The van der Waals surface area contributed by atoms with Gasteiger partial charge in [-0.05, 0) is 18.4 Å². The van der Waals surface area contributed by atoms with Gasteiger partial charge in [0.15, 0.2) is 0 Å². The number of benzene rings is 1. The maximum absolute atomic E-state index is 11.8. The molecule has 0 heterocycles. The molecule has 0 spiro atoms. The van der Waals surface area contributed by atoms with Crippen LogP contribution in [0.1, 0.15) is 25.8 Å². The summed E-state index contributed by atoms with van der Waals surface area (Å²) in [5, 5.41) is 10.1. The Hall–Kier alpha value is -0.710. The van der Waals surface area contributed by atoms with Crippen molar-refractivity contribution < 1.29 is 9.32 Å². The van der Waals surface area contributed by atoms with E-state index in [-0.39, 0.29) is 17.0 Å². The first-order valence-corrected chi connectivity index (χ1v) is 7.77. The second-order valence-corrected chi connectivity index (χ2v) is 6.59. The highest BCUT2D eigenvalue weighted by molar-refractivity contribution is 7.85. The summed E-state index contributed by atoms with van der Waals surface area (Å²) in [4.78, 5) is 0. The molecule has 18 heavy (non-hydrogen) atoms. The molecule has 0 radical (unpaired) electrons. The third-order valence-corrected chi connectivity index (χ3v) is 5.07. The number of aliphatic hydroxyl groups is 1. The number of aliphatic hydroxyl groups excluding tert-OH is 1. The van der Waals surface area contributed by atoms with Gasteiger partial charge < -0.3 is 10.8 Å². The largest absolute Gasteiger partial charge is 0.391 e. The summed E-state index contributed by atoms with van der Waals surface area (Å²) >= 11 is 0. The number of hydrogen-bond acceptors (Lipinski definition) is 3. The average molecular weight is 269 g/mol. The fourth-order valence-electron chi connectivity index (χ4n) is 1.66. The van der Waals surface area contributed by atoms with Crippen LogP contribution < -0.4 is 5.73 Å². The van der Waals surface area contributed by atoms with Gasteiger partial charge in [0, 0.05) is 22.1 Å². The highest BCUT2D eigenvalue weighted by atomic mass is 32.2. The molecule has 4 unspecified atom stereocenters. The molecule has 1 aromatic rings. The summed E-state index contributed by atoms with van der Waals surface area (Å²) in [7, 11) is -1.00. The van der Waals surface area contributed by atoms with Crippen molar-refractivity contribution in [2.75, 3.05) is 5.75 Å². The molecular formula is C14H23NO2S. The zero-order valence-corrected chi connectivity index (χ0v) is 11.9. The molecule has 1 rings (SSSR count). The zero-order chi connectivity index (χ0) is 13.5. The van der Waals surface area contributed by atoms with E-state index in [1.54, 1.807) is 0 Å². The van der Waals surface area contributed by atoms with Gasteiger partial charge in [0.1, 0.15) is 0 Å². The monoisotopic (exact) mass is 269 g/mol. The summed E-state index contributed by atoms with van der Waals surface area (Å²) in [6.45, 7) is 3.93. The summed E-state index contributed by atoms with van der Waals surface area (Å²) in [6.07, 6.45) is 0.757. The lowest BCUT2D eigenvalue weighted by molar-refractivity contribution is 0.166. The molecule has 0 aliphatic carbocycles. The Kier molecular flexibility index (Phi) is 6.54. The SMILES string of the molecule is CCC(C)S(=O)CC(O)C(N)Cc1ccccc1. The molecule has 1 aromatic carbocycles. The van der Waals surface area contributed by atoms with Gasteiger partial charge in [-0.2, -0.15) is 0 Å². The minimum Gasteiger partial charge on any atom is -0.391 e. The Morgan fingerprint density at radius 1 is 1.33 bits per heavy atom. The van der Waals surface area contributed by atoms with Crippen molar-refractivity contribution >= 4 is 10.8 Å². The van der Waals surface area contributed by atoms with Gasteiger partial charge in [-0.15, -0.1) is 0 Å². The Morgan fingerprint density at radius 2 is 1.94 bits per heavy atom. The van der Waals surface area contributed by atoms with Gasteiger partial charge in [-0.25, -0.2) is 0 Å². The lowest BCUT2D eigenvalue weighted by atomic mass is 10.0. The second kappa shape index (κ2) is 7.67. The molecule has 0 bridgehead atoms. The van der Waals surface area contributed by atoms with Crippen LogP contribution in [-0.2, 0) is 17.2 Å². The summed E-state index contributed by atoms with van der Waals surface area (Å²) in [6, 6.07) is 9.46. The Labute approximate surface area is 112 Å². The molecule has 0 amide bonds. The summed E-state index contributed by atoms with van der Waals surface area (Å²) in [5.41, 5.74) is 7.05. The van der Waals surface area contributed by atoms with E-state index < -0.39 is 16.9 Å². The lowest BCUT2D eigenvalue weighted by Crippen LogP contribution is -2.41. The normalized spacial score (nSPS) is 18.0. The minimum absolute atomic E-state index is 0.114. The molecule has 0 aromatic heterocycles. The Morgan fingerprint density at radius 3 is 2.50 bits per heavy atom. The average Bonchev–Trinajstić information content (AvgIpc) is 2.38. The van der Waals surface area contributed by atoms with Crippen molar-refractivity contribution in [1.82, 2.24) is 0 Å².